The van der Waals surface area contributed by atoms with Crippen LogP contribution in [0.3, 0.4) is 0 Å². The van der Waals surface area contributed by atoms with Crippen LogP contribution in [0.1, 0.15) is 22.3 Å². The molecule has 2 aromatic carbocycles. The van der Waals surface area contributed by atoms with E-state index in [2.05, 4.69) is 4.99 Å². The van der Waals surface area contributed by atoms with E-state index in [9.17, 15) is 14.5 Å². The molecule has 5 heteroatoms. The van der Waals surface area contributed by atoms with Crippen LogP contribution in [0.2, 0.25) is 0 Å². The van der Waals surface area contributed by atoms with Crippen molar-refractivity contribution >= 4 is 17.6 Å². The Morgan fingerprint density at radius 1 is 1.14 bits per heavy atom. The van der Waals surface area contributed by atoms with Gasteiger partial charge in [-0.2, -0.15) is 0 Å². The molecular formula is C16H15FN2O2. The number of nitro groups is 1. The third-order valence-electron chi connectivity index (χ3n) is 3.21. The number of hydrogen-bond donors (Lipinski definition) is 0. The van der Waals surface area contributed by atoms with Crippen LogP contribution in [0.5, 0.6) is 0 Å². The molecule has 0 aliphatic heterocycles. The molecule has 0 aromatic heterocycles. The number of non-ortho nitro benzene ring substituents is 1. The van der Waals surface area contributed by atoms with E-state index in [0.29, 0.717) is 0 Å². The van der Waals surface area contributed by atoms with Crippen molar-refractivity contribution in [2.75, 3.05) is 0 Å². The summed E-state index contributed by atoms with van der Waals surface area (Å²) in [4.78, 5) is 14.2. The molecule has 0 aliphatic carbocycles. The second-order valence-corrected chi connectivity index (χ2v) is 4.96. The van der Waals surface area contributed by atoms with Crippen molar-refractivity contribution in [3.8, 4) is 0 Å². The average molecular weight is 286 g/mol. The summed E-state index contributed by atoms with van der Waals surface area (Å²) >= 11 is 0. The zero-order valence-corrected chi connectivity index (χ0v) is 12.1. The highest BCUT2D eigenvalue weighted by Crippen LogP contribution is 2.24. The van der Waals surface area contributed by atoms with Gasteiger partial charge < -0.3 is 0 Å². The lowest BCUT2D eigenvalue weighted by Gasteiger charge is -2.06. The minimum Gasteiger partial charge on any atom is -0.258 e. The van der Waals surface area contributed by atoms with Crippen LogP contribution >= 0.6 is 0 Å². The molecule has 2 aromatic rings. The molecule has 0 spiro atoms. The van der Waals surface area contributed by atoms with Crippen molar-refractivity contribution in [2.45, 2.75) is 20.8 Å². The lowest BCUT2D eigenvalue weighted by Crippen LogP contribution is -1.94. The normalized spacial score (nSPS) is 11.0. The smallest absolute Gasteiger partial charge is 0.258 e. The number of aryl methyl sites for hydroxylation is 3. The molecule has 0 N–H and O–H groups in total. The highest BCUT2D eigenvalue weighted by Gasteiger charge is 2.10. The molecule has 0 saturated carbocycles. The van der Waals surface area contributed by atoms with Gasteiger partial charge in [-0.3, -0.25) is 15.1 Å². The van der Waals surface area contributed by atoms with Crippen molar-refractivity contribution < 1.29 is 9.31 Å². The molecule has 0 unspecified atom stereocenters. The van der Waals surface area contributed by atoms with Gasteiger partial charge in [0.15, 0.2) is 0 Å². The fourth-order valence-corrected chi connectivity index (χ4v) is 2.24. The van der Waals surface area contributed by atoms with E-state index in [1.54, 1.807) is 6.21 Å². The molecule has 21 heavy (non-hydrogen) atoms. The summed E-state index contributed by atoms with van der Waals surface area (Å²) in [6.07, 6.45) is 1.55. The minimum absolute atomic E-state index is 0.0384. The number of rotatable bonds is 3. The standard InChI is InChI=1S/C16H15FN2O2/c1-10-6-11(2)14(12(3)7-10)9-18-16-8-13(19(20)21)4-5-15(16)17/h4-9H,1-3H3. The predicted molar refractivity (Wildman–Crippen MR) is 81.0 cm³/mol. The van der Waals surface area contributed by atoms with Gasteiger partial charge in [0.1, 0.15) is 11.5 Å². The lowest BCUT2D eigenvalue weighted by atomic mass is 10.0. The van der Waals surface area contributed by atoms with Crippen LogP contribution in [-0.2, 0) is 0 Å². The van der Waals surface area contributed by atoms with Crippen molar-refractivity contribution in [1.29, 1.82) is 0 Å². The third-order valence-corrected chi connectivity index (χ3v) is 3.21. The first-order valence-electron chi connectivity index (χ1n) is 6.44. The molecular weight excluding hydrogens is 271 g/mol. The summed E-state index contributed by atoms with van der Waals surface area (Å²) in [6.45, 7) is 5.90. The largest absolute Gasteiger partial charge is 0.271 e. The Balaban J connectivity index is 2.42. The molecule has 108 valence electrons. The second kappa shape index (κ2) is 5.83. The number of nitrogens with zero attached hydrogens (tertiary/aromatic N) is 2. The molecule has 0 amide bonds. The number of hydrogen-bond acceptors (Lipinski definition) is 3. The number of benzene rings is 2. The number of halogens is 1. The van der Waals surface area contributed by atoms with E-state index < -0.39 is 10.7 Å². The molecule has 0 radical (unpaired) electrons. The Kier molecular flexibility index (Phi) is 4.12. The van der Waals surface area contributed by atoms with Crippen LogP contribution in [0.25, 0.3) is 0 Å². The predicted octanol–water partition coefficient (Wildman–Crippen LogP) is 4.41. The molecule has 0 atom stereocenters. The molecule has 4 nitrogen and oxygen atoms in total. The van der Waals surface area contributed by atoms with Crippen LogP contribution in [0.4, 0.5) is 15.8 Å². The van der Waals surface area contributed by atoms with Crippen molar-refractivity contribution in [3.63, 3.8) is 0 Å². The molecule has 2 rings (SSSR count). The highest BCUT2D eigenvalue weighted by atomic mass is 19.1. The van der Waals surface area contributed by atoms with E-state index in [0.717, 1.165) is 40.5 Å². The third kappa shape index (κ3) is 3.31. The van der Waals surface area contributed by atoms with Gasteiger partial charge in [0.25, 0.3) is 5.69 Å². The van der Waals surface area contributed by atoms with Gasteiger partial charge in [0.2, 0.25) is 0 Å². The maximum atomic E-state index is 13.7. The van der Waals surface area contributed by atoms with Crippen molar-refractivity contribution in [3.05, 3.63) is 68.5 Å². The summed E-state index contributed by atoms with van der Waals surface area (Å²) < 4.78 is 13.7. The Labute approximate surface area is 122 Å². The van der Waals surface area contributed by atoms with Crippen LogP contribution in [0.15, 0.2) is 35.3 Å². The first-order chi connectivity index (χ1) is 9.88. The van der Waals surface area contributed by atoms with E-state index in [1.165, 1.54) is 0 Å². The Bertz CT molecular complexity index is 716. The maximum absolute atomic E-state index is 13.7. The molecule has 0 heterocycles. The Morgan fingerprint density at radius 3 is 2.33 bits per heavy atom. The summed E-state index contributed by atoms with van der Waals surface area (Å²) in [5.41, 5.74) is 3.88. The zero-order valence-electron chi connectivity index (χ0n) is 12.1. The van der Waals surface area contributed by atoms with E-state index in [1.807, 2.05) is 32.9 Å². The van der Waals surface area contributed by atoms with Gasteiger partial charge in [-0.1, -0.05) is 17.7 Å². The Morgan fingerprint density at radius 2 is 1.76 bits per heavy atom. The number of nitro benzene ring substituents is 1. The fourth-order valence-electron chi connectivity index (χ4n) is 2.24. The SMILES string of the molecule is Cc1cc(C)c(C=Nc2cc([N+](=O)[O-])ccc2F)c(C)c1. The summed E-state index contributed by atoms with van der Waals surface area (Å²) in [5.74, 6) is -0.584. The quantitative estimate of drug-likeness (QED) is 0.476. The number of aliphatic imine (C=N–C) groups is 1. The molecule has 0 fully saturated rings. The van der Waals surface area contributed by atoms with Crippen LogP contribution in [0, 0.1) is 36.7 Å². The van der Waals surface area contributed by atoms with Crippen LogP contribution < -0.4 is 0 Å². The lowest BCUT2D eigenvalue weighted by molar-refractivity contribution is -0.384. The minimum atomic E-state index is -0.584. The van der Waals surface area contributed by atoms with E-state index >= 15 is 0 Å². The Hall–Kier alpha value is -2.56. The zero-order chi connectivity index (χ0) is 15.6. The molecule has 0 aliphatic rings. The van der Waals surface area contributed by atoms with Gasteiger partial charge in [-0.25, -0.2) is 4.39 Å². The topological polar surface area (TPSA) is 55.5 Å². The summed E-state index contributed by atoms with van der Waals surface area (Å²) in [5, 5.41) is 10.7. The average Bonchev–Trinajstić information content (AvgIpc) is 2.39. The van der Waals surface area contributed by atoms with Gasteiger partial charge in [-0.05, 0) is 43.5 Å². The van der Waals surface area contributed by atoms with Gasteiger partial charge in [0, 0.05) is 18.3 Å². The van der Waals surface area contributed by atoms with Gasteiger partial charge in [0.05, 0.1) is 4.92 Å². The van der Waals surface area contributed by atoms with E-state index in [4.69, 9.17) is 0 Å². The van der Waals surface area contributed by atoms with Crippen LogP contribution in [-0.4, -0.2) is 11.1 Å². The first kappa shape index (κ1) is 14.8. The van der Waals surface area contributed by atoms with Crippen molar-refractivity contribution in [1.82, 2.24) is 0 Å². The van der Waals surface area contributed by atoms with Gasteiger partial charge in [-0.15, -0.1) is 0 Å². The summed E-state index contributed by atoms with van der Waals surface area (Å²) in [7, 11) is 0. The fraction of sp³-hybridized carbons (Fsp3) is 0.188. The molecule has 0 saturated heterocycles. The first-order valence-corrected chi connectivity index (χ1v) is 6.44. The monoisotopic (exact) mass is 286 g/mol. The second-order valence-electron chi connectivity index (χ2n) is 4.96. The summed E-state index contributed by atoms with van der Waals surface area (Å²) in [6, 6.07) is 7.33. The van der Waals surface area contributed by atoms with E-state index in [-0.39, 0.29) is 11.4 Å². The highest BCUT2D eigenvalue weighted by molar-refractivity contribution is 5.86. The van der Waals surface area contributed by atoms with Gasteiger partial charge >= 0.3 is 0 Å². The maximum Gasteiger partial charge on any atom is 0.271 e. The molecule has 0 bridgehead atoms. The van der Waals surface area contributed by atoms with Crippen molar-refractivity contribution in [2.24, 2.45) is 4.99 Å².